The topological polar surface area (TPSA) is 96.4 Å². The van der Waals surface area contributed by atoms with Gasteiger partial charge in [0.2, 0.25) is 0 Å². The summed E-state index contributed by atoms with van der Waals surface area (Å²) in [6.45, 7) is 4.69. The molecule has 1 N–H and O–H groups in total. The number of para-hydroxylation sites is 1. The standard InChI is InChI=1S/C31H28N2O6/c34-25-17-22(18-29-31(25)26(35)20-28(38-29)21-7-2-1-3-8-21)37-16-6-11-32-12-14-33(15-13-32)24-19-30(36)39-27-10-5-4-9-23(24)27/h1-5,7-10,17-20,34H,6,11-16H2. The van der Waals surface area contributed by atoms with Gasteiger partial charge in [0.15, 0.2) is 5.43 Å². The number of hydrogen-bond donors (Lipinski definition) is 1. The van der Waals surface area contributed by atoms with E-state index in [1.807, 2.05) is 54.6 Å². The van der Waals surface area contributed by atoms with E-state index in [1.54, 1.807) is 12.1 Å². The number of rotatable bonds is 7. The minimum Gasteiger partial charge on any atom is -0.507 e. The Morgan fingerprint density at radius 2 is 1.59 bits per heavy atom. The predicted molar refractivity (Wildman–Crippen MR) is 151 cm³/mol. The average Bonchev–Trinajstić information content (AvgIpc) is 2.95. The van der Waals surface area contributed by atoms with Crippen molar-refractivity contribution in [1.29, 1.82) is 0 Å². The van der Waals surface area contributed by atoms with Crippen molar-refractivity contribution in [2.24, 2.45) is 0 Å². The SMILES string of the molecule is O=c1cc(N2CCN(CCCOc3cc(O)c4c(=O)cc(-c5ccccc5)oc4c3)CC2)c2ccccc2o1. The number of phenols is 1. The number of ether oxygens (including phenoxy) is 1. The van der Waals surface area contributed by atoms with Crippen LogP contribution < -0.4 is 20.7 Å². The molecule has 0 atom stereocenters. The highest BCUT2D eigenvalue weighted by molar-refractivity contribution is 5.90. The van der Waals surface area contributed by atoms with Crippen LogP contribution >= 0.6 is 0 Å². The van der Waals surface area contributed by atoms with Crippen molar-refractivity contribution in [3.8, 4) is 22.8 Å². The lowest BCUT2D eigenvalue weighted by molar-refractivity contribution is 0.224. The van der Waals surface area contributed by atoms with Gasteiger partial charge >= 0.3 is 5.63 Å². The van der Waals surface area contributed by atoms with Crippen LogP contribution in [-0.4, -0.2) is 49.3 Å². The zero-order chi connectivity index (χ0) is 26.8. The van der Waals surface area contributed by atoms with Crippen LogP contribution in [0.5, 0.6) is 11.5 Å². The van der Waals surface area contributed by atoms with Gasteiger partial charge in [-0.2, -0.15) is 0 Å². The first-order valence-corrected chi connectivity index (χ1v) is 13.0. The first-order valence-electron chi connectivity index (χ1n) is 13.0. The Balaban J connectivity index is 1.06. The highest BCUT2D eigenvalue weighted by Gasteiger charge is 2.20. The van der Waals surface area contributed by atoms with Crippen molar-refractivity contribution in [3.63, 3.8) is 0 Å². The summed E-state index contributed by atoms with van der Waals surface area (Å²) in [5.74, 6) is 0.732. The third-order valence-electron chi connectivity index (χ3n) is 7.07. The van der Waals surface area contributed by atoms with Gasteiger partial charge in [-0.1, -0.05) is 42.5 Å². The quantitative estimate of drug-likeness (QED) is 0.238. The van der Waals surface area contributed by atoms with E-state index in [0.29, 0.717) is 23.7 Å². The largest absolute Gasteiger partial charge is 0.507 e. The molecule has 39 heavy (non-hydrogen) atoms. The van der Waals surface area contributed by atoms with Crippen molar-refractivity contribution >= 4 is 27.6 Å². The number of benzene rings is 3. The average molecular weight is 525 g/mol. The fraction of sp³-hybridized carbons (Fsp3) is 0.226. The summed E-state index contributed by atoms with van der Waals surface area (Å²) in [6.07, 6.45) is 0.796. The van der Waals surface area contributed by atoms with E-state index in [-0.39, 0.29) is 27.8 Å². The number of phenolic OH excluding ortho intramolecular Hbond substituents is 1. The number of piperazine rings is 1. The van der Waals surface area contributed by atoms with Crippen molar-refractivity contribution in [1.82, 2.24) is 4.90 Å². The molecule has 0 aliphatic carbocycles. The summed E-state index contributed by atoms with van der Waals surface area (Å²) < 4.78 is 17.2. The third-order valence-corrected chi connectivity index (χ3v) is 7.07. The van der Waals surface area contributed by atoms with E-state index in [1.165, 1.54) is 12.1 Å². The minimum atomic E-state index is -0.335. The van der Waals surface area contributed by atoms with Gasteiger partial charge in [0.05, 0.1) is 12.3 Å². The summed E-state index contributed by atoms with van der Waals surface area (Å²) in [5.41, 5.74) is 1.96. The molecule has 0 amide bonds. The Morgan fingerprint density at radius 3 is 2.41 bits per heavy atom. The molecule has 198 valence electrons. The molecule has 6 rings (SSSR count). The molecule has 1 saturated heterocycles. The summed E-state index contributed by atoms with van der Waals surface area (Å²) in [6, 6.07) is 23.1. The molecule has 0 spiro atoms. The maximum atomic E-state index is 12.6. The van der Waals surface area contributed by atoms with Gasteiger partial charge in [-0.3, -0.25) is 9.69 Å². The van der Waals surface area contributed by atoms with Gasteiger partial charge < -0.3 is 23.6 Å². The van der Waals surface area contributed by atoms with Gasteiger partial charge in [0.1, 0.15) is 33.8 Å². The van der Waals surface area contributed by atoms with Crippen molar-refractivity contribution in [2.75, 3.05) is 44.2 Å². The maximum Gasteiger partial charge on any atom is 0.338 e. The van der Waals surface area contributed by atoms with Crippen LogP contribution in [0.2, 0.25) is 0 Å². The van der Waals surface area contributed by atoms with E-state index < -0.39 is 0 Å². The number of aromatic hydroxyl groups is 1. The Hall–Kier alpha value is -4.56. The van der Waals surface area contributed by atoms with Gasteiger partial charge in [-0.25, -0.2) is 4.79 Å². The Bertz CT molecular complexity index is 1740. The molecular weight excluding hydrogens is 496 g/mol. The van der Waals surface area contributed by atoms with E-state index in [2.05, 4.69) is 9.80 Å². The molecule has 0 bridgehead atoms. The van der Waals surface area contributed by atoms with Crippen LogP contribution in [0.4, 0.5) is 5.69 Å². The Kier molecular flexibility index (Phi) is 6.77. The summed E-state index contributed by atoms with van der Waals surface area (Å²) >= 11 is 0. The number of anilines is 1. The second-order valence-electron chi connectivity index (χ2n) is 9.63. The monoisotopic (exact) mass is 524 g/mol. The van der Waals surface area contributed by atoms with E-state index >= 15 is 0 Å². The highest BCUT2D eigenvalue weighted by Crippen LogP contribution is 2.31. The Morgan fingerprint density at radius 1 is 0.821 bits per heavy atom. The van der Waals surface area contributed by atoms with Crippen LogP contribution in [0.1, 0.15) is 6.42 Å². The van der Waals surface area contributed by atoms with Gasteiger partial charge in [-0.15, -0.1) is 0 Å². The lowest BCUT2D eigenvalue weighted by Gasteiger charge is -2.36. The van der Waals surface area contributed by atoms with Gasteiger partial charge in [-0.05, 0) is 18.6 Å². The minimum absolute atomic E-state index is 0.142. The van der Waals surface area contributed by atoms with Gasteiger partial charge in [0, 0.05) is 67.9 Å². The zero-order valence-corrected chi connectivity index (χ0v) is 21.3. The second-order valence-corrected chi connectivity index (χ2v) is 9.63. The number of hydrogen-bond acceptors (Lipinski definition) is 8. The van der Waals surface area contributed by atoms with Crippen molar-refractivity contribution in [3.05, 3.63) is 99.5 Å². The lowest BCUT2D eigenvalue weighted by atomic mass is 10.1. The smallest absolute Gasteiger partial charge is 0.338 e. The third kappa shape index (κ3) is 5.24. The molecule has 1 fully saturated rings. The van der Waals surface area contributed by atoms with E-state index in [0.717, 1.165) is 55.8 Å². The molecule has 8 heteroatoms. The van der Waals surface area contributed by atoms with Crippen molar-refractivity contribution < 1.29 is 18.7 Å². The molecule has 2 aromatic heterocycles. The summed E-state index contributed by atoms with van der Waals surface area (Å²) in [7, 11) is 0. The van der Waals surface area contributed by atoms with Crippen LogP contribution in [0.15, 0.2) is 97.3 Å². The highest BCUT2D eigenvalue weighted by atomic mass is 16.5. The molecule has 3 aromatic carbocycles. The van der Waals surface area contributed by atoms with Crippen LogP contribution in [-0.2, 0) is 0 Å². The normalized spacial score (nSPS) is 14.2. The zero-order valence-electron chi connectivity index (χ0n) is 21.3. The van der Waals surface area contributed by atoms with Crippen LogP contribution in [0.3, 0.4) is 0 Å². The molecule has 1 aliphatic heterocycles. The molecule has 8 nitrogen and oxygen atoms in total. The van der Waals surface area contributed by atoms with Crippen LogP contribution in [0.25, 0.3) is 33.3 Å². The molecule has 0 unspecified atom stereocenters. The molecule has 5 aromatic rings. The molecule has 0 saturated carbocycles. The fourth-order valence-electron chi connectivity index (χ4n) is 5.12. The summed E-state index contributed by atoms with van der Waals surface area (Å²) in [5, 5.41) is 11.6. The summed E-state index contributed by atoms with van der Waals surface area (Å²) in [4.78, 5) is 29.3. The number of fused-ring (bicyclic) bond motifs is 2. The second kappa shape index (κ2) is 10.7. The van der Waals surface area contributed by atoms with Gasteiger partial charge in [0.25, 0.3) is 0 Å². The molecule has 3 heterocycles. The Labute approximate surface area is 224 Å². The lowest BCUT2D eigenvalue weighted by Crippen LogP contribution is -2.47. The van der Waals surface area contributed by atoms with Crippen molar-refractivity contribution in [2.45, 2.75) is 6.42 Å². The molecule has 0 radical (unpaired) electrons. The van der Waals surface area contributed by atoms with E-state index in [9.17, 15) is 14.7 Å². The van der Waals surface area contributed by atoms with Crippen LogP contribution in [0, 0.1) is 0 Å². The fourth-order valence-corrected chi connectivity index (χ4v) is 5.12. The number of nitrogens with zero attached hydrogens (tertiary/aromatic N) is 2. The molecular formula is C31H28N2O6. The van der Waals surface area contributed by atoms with E-state index in [4.69, 9.17) is 13.6 Å². The maximum absolute atomic E-state index is 12.6. The first kappa shape index (κ1) is 24.8. The molecule has 1 aliphatic rings. The predicted octanol–water partition coefficient (Wildman–Crippen LogP) is 4.86. The first-order chi connectivity index (χ1) is 19.0.